The van der Waals surface area contributed by atoms with Crippen molar-refractivity contribution in [2.45, 2.75) is 0 Å². The van der Waals surface area contributed by atoms with Gasteiger partial charge in [0, 0.05) is 11.6 Å². The Kier molecular flexibility index (Phi) is 4.26. The average Bonchev–Trinajstić information content (AvgIpc) is 2.40. The van der Waals surface area contributed by atoms with Crippen LogP contribution in [0.15, 0.2) is 30.3 Å². The summed E-state index contributed by atoms with van der Waals surface area (Å²) in [4.78, 5) is 12.2. The summed E-state index contributed by atoms with van der Waals surface area (Å²) in [6, 6.07) is 5.70. The lowest BCUT2D eigenvalue weighted by atomic mass is 10.0. The van der Waals surface area contributed by atoms with Crippen molar-refractivity contribution in [2.24, 2.45) is 0 Å². The van der Waals surface area contributed by atoms with Gasteiger partial charge in [-0.05, 0) is 18.2 Å². The number of ether oxygens (including phenoxy) is 1. The van der Waals surface area contributed by atoms with Gasteiger partial charge >= 0.3 is 0 Å². The molecule has 0 fully saturated rings. The van der Waals surface area contributed by atoms with Crippen LogP contribution < -0.4 is 4.74 Å². The fourth-order valence-corrected chi connectivity index (χ4v) is 2.19. The lowest BCUT2D eigenvalue weighted by Gasteiger charge is -2.09. The predicted octanol–water partition coefficient (Wildman–Crippen LogP) is 4.51. The van der Waals surface area contributed by atoms with Gasteiger partial charge in [0.25, 0.3) is 0 Å². The molecule has 0 aliphatic carbocycles. The van der Waals surface area contributed by atoms with Gasteiger partial charge in [0.2, 0.25) is 0 Å². The lowest BCUT2D eigenvalue weighted by Crippen LogP contribution is -2.08. The summed E-state index contributed by atoms with van der Waals surface area (Å²) < 4.78 is 32.1. The predicted molar refractivity (Wildman–Crippen MR) is 72.8 cm³/mol. The second kappa shape index (κ2) is 5.77. The Bertz CT molecular complexity index is 667. The maximum atomic E-state index is 13.6. The summed E-state index contributed by atoms with van der Waals surface area (Å²) in [7, 11) is 1.38. The summed E-state index contributed by atoms with van der Waals surface area (Å²) in [5.74, 6) is -2.53. The number of hydrogen-bond acceptors (Lipinski definition) is 2. The lowest BCUT2D eigenvalue weighted by molar-refractivity contribution is 0.103. The maximum absolute atomic E-state index is 13.6. The van der Waals surface area contributed by atoms with E-state index in [4.69, 9.17) is 27.9 Å². The molecule has 0 N–H and O–H groups in total. The molecule has 2 aromatic rings. The first-order valence-corrected chi connectivity index (χ1v) is 6.23. The summed E-state index contributed by atoms with van der Waals surface area (Å²) in [6.07, 6.45) is 0. The average molecular weight is 317 g/mol. The topological polar surface area (TPSA) is 26.3 Å². The number of benzene rings is 2. The highest BCUT2D eigenvalue weighted by Crippen LogP contribution is 2.32. The number of carbonyl (C=O) groups excluding carboxylic acids is 1. The van der Waals surface area contributed by atoms with E-state index in [1.807, 2.05) is 0 Å². The molecule has 0 aliphatic heterocycles. The molecule has 0 saturated carbocycles. The van der Waals surface area contributed by atoms with Gasteiger partial charge in [-0.1, -0.05) is 29.3 Å². The first-order valence-electron chi connectivity index (χ1n) is 5.47. The van der Waals surface area contributed by atoms with E-state index in [-0.39, 0.29) is 21.4 Å². The van der Waals surface area contributed by atoms with Crippen LogP contribution >= 0.6 is 23.2 Å². The Hall–Kier alpha value is -1.65. The molecule has 0 atom stereocenters. The summed E-state index contributed by atoms with van der Waals surface area (Å²) in [5, 5.41) is 0.121. The molecule has 0 saturated heterocycles. The van der Waals surface area contributed by atoms with E-state index in [0.29, 0.717) is 0 Å². The van der Waals surface area contributed by atoms with Crippen molar-refractivity contribution in [1.29, 1.82) is 0 Å². The molecular weight excluding hydrogens is 309 g/mol. The Morgan fingerprint density at radius 1 is 1.10 bits per heavy atom. The first kappa shape index (κ1) is 14.8. The molecule has 0 spiro atoms. The molecule has 104 valence electrons. The number of hydrogen-bond donors (Lipinski definition) is 0. The molecule has 2 aromatic carbocycles. The van der Waals surface area contributed by atoms with Crippen LogP contribution in [-0.4, -0.2) is 12.9 Å². The zero-order chi connectivity index (χ0) is 14.9. The van der Waals surface area contributed by atoms with Crippen molar-refractivity contribution >= 4 is 29.0 Å². The minimum Gasteiger partial charge on any atom is -0.495 e. The molecule has 0 bridgehead atoms. The second-order valence-electron chi connectivity index (χ2n) is 3.89. The molecule has 2 nitrogen and oxygen atoms in total. The molecule has 2 rings (SSSR count). The normalized spacial score (nSPS) is 10.4. The third-order valence-electron chi connectivity index (χ3n) is 2.68. The standard InChI is InChI=1S/C14H8Cl2F2O2/c1-20-12-6-8(15)7(5-9(12)16)14(19)13-10(17)3-2-4-11(13)18/h2-6H,1H3. The maximum Gasteiger partial charge on any atom is 0.200 e. The minimum atomic E-state index is -0.960. The van der Waals surface area contributed by atoms with Gasteiger partial charge in [0.15, 0.2) is 5.78 Å². The molecule has 0 amide bonds. The molecule has 0 unspecified atom stereocenters. The van der Waals surface area contributed by atoms with Gasteiger partial charge in [-0.15, -0.1) is 0 Å². The van der Waals surface area contributed by atoms with E-state index in [1.165, 1.54) is 25.3 Å². The van der Waals surface area contributed by atoms with Crippen LogP contribution in [0.1, 0.15) is 15.9 Å². The third-order valence-corrected chi connectivity index (χ3v) is 3.28. The van der Waals surface area contributed by atoms with Crippen LogP contribution in [0.2, 0.25) is 10.0 Å². The van der Waals surface area contributed by atoms with E-state index < -0.39 is 23.0 Å². The van der Waals surface area contributed by atoms with Crippen LogP contribution in [0, 0.1) is 11.6 Å². The van der Waals surface area contributed by atoms with E-state index in [9.17, 15) is 13.6 Å². The molecule has 20 heavy (non-hydrogen) atoms. The number of carbonyl (C=O) groups is 1. The zero-order valence-electron chi connectivity index (χ0n) is 10.2. The first-order chi connectivity index (χ1) is 9.45. The molecule has 0 aliphatic rings. The van der Waals surface area contributed by atoms with E-state index in [1.54, 1.807) is 0 Å². The van der Waals surface area contributed by atoms with Crippen molar-refractivity contribution in [1.82, 2.24) is 0 Å². The van der Waals surface area contributed by atoms with Crippen molar-refractivity contribution in [3.8, 4) is 5.75 Å². The van der Waals surface area contributed by atoms with Crippen LogP contribution in [0.3, 0.4) is 0 Å². The smallest absolute Gasteiger partial charge is 0.200 e. The fraction of sp³-hybridized carbons (Fsp3) is 0.0714. The van der Waals surface area contributed by atoms with Crippen molar-refractivity contribution in [2.75, 3.05) is 7.11 Å². The van der Waals surface area contributed by atoms with E-state index in [2.05, 4.69) is 0 Å². The van der Waals surface area contributed by atoms with Crippen molar-refractivity contribution in [3.63, 3.8) is 0 Å². The number of ketones is 1. The van der Waals surface area contributed by atoms with Gasteiger partial charge in [0.1, 0.15) is 17.4 Å². The van der Waals surface area contributed by atoms with Crippen molar-refractivity contribution < 1.29 is 18.3 Å². The van der Waals surface area contributed by atoms with Crippen LogP contribution in [-0.2, 0) is 0 Å². The van der Waals surface area contributed by atoms with Crippen LogP contribution in [0.25, 0.3) is 0 Å². The summed E-state index contributed by atoms with van der Waals surface area (Å²) in [6.45, 7) is 0. The second-order valence-corrected chi connectivity index (χ2v) is 4.71. The molecule has 6 heteroatoms. The Morgan fingerprint density at radius 2 is 1.70 bits per heavy atom. The van der Waals surface area contributed by atoms with Gasteiger partial charge in [-0.2, -0.15) is 0 Å². The third kappa shape index (κ3) is 2.62. The summed E-state index contributed by atoms with van der Waals surface area (Å²) >= 11 is 11.8. The zero-order valence-corrected chi connectivity index (χ0v) is 11.7. The Labute approximate surface area is 123 Å². The molecular formula is C14H8Cl2F2O2. The number of halogens is 4. The fourth-order valence-electron chi connectivity index (χ4n) is 1.71. The number of rotatable bonds is 3. The highest BCUT2D eigenvalue weighted by atomic mass is 35.5. The van der Waals surface area contributed by atoms with Crippen molar-refractivity contribution in [3.05, 3.63) is 63.1 Å². The Morgan fingerprint density at radius 3 is 2.25 bits per heavy atom. The minimum absolute atomic E-state index is 0.00102. The Balaban J connectivity index is 2.57. The van der Waals surface area contributed by atoms with E-state index in [0.717, 1.165) is 12.1 Å². The highest BCUT2D eigenvalue weighted by molar-refractivity contribution is 6.37. The van der Waals surface area contributed by atoms with E-state index >= 15 is 0 Å². The van der Waals surface area contributed by atoms with Gasteiger partial charge in [0.05, 0.1) is 22.7 Å². The molecule has 0 heterocycles. The van der Waals surface area contributed by atoms with Gasteiger partial charge in [-0.3, -0.25) is 4.79 Å². The van der Waals surface area contributed by atoms with Crippen LogP contribution in [0.4, 0.5) is 8.78 Å². The van der Waals surface area contributed by atoms with Gasteiger partial charge < -0.3 is 4.74 Å². The van der Waals surface area contributed by atoms with Gasteiger partial charge in [-0.25, -0.2) is 8.78 Å². The number of methoxy groups -OCH3 is 1. The van der Waals surface area contributed by atoms with Crippen LogP contribution in [0.5, 0.6) is 5.75 Å². The molecule has 0 aromatic heterocycles. The highest BCUT2D eigenvalue weighted by Gasteiger charge is 2.22. The summed E-state index contributed by atoms with van der Waals surface area (Å²) in [5.41, 5.74) is -0.767. The quantitative estimate of drug-likeness (QED) is 0.779. The molecule has 0 radical (unpaired) electrons. The largest absolute Gasteiger partial charge is 0.495 e. The SMILES string of the molecule is COc1cc(Cl)c(C(=O)c2c(F)cccc2F)cc1Cl. The monoisotopic (exact) mass is 316 g/mol.